The van der Waals surface area contributed by atoms with Crippen molar-refractivity contribution in [1.29, 1.82) is 0 Å². The van der Waals surface area contributed by atoms with Crippen LogP contribution in [0.5, 0.6) is 0 Å². The first-order valence-corrected chi connectivity index (χ1v) is 16.8. The molecule has 3 rings (SSSR count). The number of amides is 4. The van der Waals surface area contributed by atoms with Crippen LogP contribution in [-0.4, -0.2) is 62.0 Å². The number of nitrogens with zero attached hydrogens (tertiary/aromatic N) is 2. The summed E-state index contributed by atoms with van der Waals surface area (Å²) in [5.74, 6) is -0.477. The van der Waals surface area contributed by atoms with E-state index in [9.17, 15) is 19.2 Å². The van der Waals surface area contributed by atoms with E-state index in [-0.39, 0.29) is 65.9 Å². The van der Waals surface area contributed by atoms with Crippen LogP contribution in [-0.2, 0) is 19.2 Å². The van der Waals surface area contributed by atoms with Crippen molar-refractivity contribution in [3.63, 3.8) is 0 Å². The molecule has 0 aromatic rings. The predicted octanol–water partition coefficient (Wildman–Crippen LogP) is 0.0259. The maximum absolute atomic E-state index is 13.9. The molecule has 0 radical (unpaired) electrons. The van der Waals surface area contributed by atoms with E-state index < -0.39 is 38.1 Å². The number of nitrogens with two attached hydrogens (primary N) is 1. The van der Waals surface area contributed by atoms with E-state index in [4.69, 9.17) is 9.05 Å². The van der Waals surface area contributed by atoms with Crippen LogP contribution < -0.4 is 31.0 Å². The molecule has 2 fully saturated rings. The molecule has 1 heterocycles. The molecule has 2 aliphatic carbocycles. The fourth-order valence-corrected chi connectivity index (χ4v) is 9.42. The Kier molecular flexibility index (Phi) is 9.89. The molecular formula is C30H50IN4O5-. The Balaban J connectivity index is 1.78. The summed E-state index contributed by atoms with van der Waals surface area (Å²) < 4.78 is 8.04. The molecule has 1 aliphatic heterocycles. The number of aliphatic hydroxyl groups excluding tert-OH is 1. The molecule has 1 saturated carbocycles. The number of hydrogen-bond donors (Lipinski definition) is 3. The van der Waals surface area contributed by atoms with Crippen molar-refractivity contribution < 1.29 is 46.0 Å². The van der Waals surface area contributed by atoms with Gasteiger partial charge in [-0.05, 0) is 0 Å². The van der Waals surface area contributed by atoms with E-state index in [1.54, 1.807) is 21.9 Å². The third-order valence-electron chi connectivity index (χ3n) is 9.77. The van der Waals surface area contributed by atoms with Crippen molar-refractivity contribution >= 4 is 23.6 Å². The molecule has 40 heavy (non-hydrogen) atoms. The summed E-state index contributed by atoms with van der Waals surface area (Å²) in [4.78, 5) is 55.5. The monoisotopic (exact) mass is 673 g/mol. The van der Waals surface area contributed by atoms with Gasteiger partial charge < -0.3 is 0 Å². The van der Waals surface area contributed by atoms with Gasteiger partial charge in [0.2, 0.25) is 0 Å². The zero-order chi connectivity index (χ0) is 30.3. The van der Waals surface area contributed by atoms with E-state index in [1.165, 1.54) is 0 Å². The maximum atomic E-state index is 13.9. The van der Waals surface area contributed by atoms with Crippen LogP contribution in [0.1, 0.15) is 87.5 Å². The van der Waals surface area contributed by atoms with E-state index in [2.05, 4.69) is 31.3 Å². The fraction of sp³-hybridized carbons (Fsp3) is 0.800. The standard InChI is InChI=1S/C30H50IN4O5/c1-9-29(7,18-34(31-32)26(40)28(5,6)16-27(3,4)25(39)33-13-14-36)17-30(8,10-2)35-23(37)21-19-11-12-20(15-19)22(21)24(35)38/h11-12,19-22,36H,9-10,13-18,32H2,1-8H3,(H,33,39)/q-1. The van der Waals surface area contributed by atoms with E-state index in [1.807, 2.05) is 27.7 Å². The fourth-order valence-electron chi connectivity index (χ4n) is 7.49. The summed E-state index contributed by atoms with van der Waals surface area (Å²) >= 11 is -1.10. The zero-order valence-electron chi connectivity index (χ0n) is 25.6. The second-order valence-electron chi connectivity index (χ2n) is 14.1. The summed E-state index contributed by atoms with van der Waals surface area (Å²) in [5.41, 5.74) is -2.69. The minimum absolute atomic E-state index is 0.0309. The van der Waals surface area contributed by atoms with Gasteiger partial charge in [0, 0.05) is 0 Å². The Morgan fingerprint density at radius 2 is 1.55 bits per heavy atom. The average Bonchev–Trinajstić information content (AvgIpc) is 3.58. The van der Waals surface area contributed by atoms with Crippen molar-refractivity contribution in [2.75, 3.05) is 19.7 Å². The first-order valence-electron chi connectivity index (χ1n) is 14.6. The molecule has 10 heteroatoms. The number of allylic oxidation sites excluding steroid dienone is 2. The first kappa shape index (κ1) is 33.0. The van der Waals surface area contributed by atoms with Crippen LogP contribution in [0.4, 0.5) is 0 Å². The van der Waals surface area contributed by atoms with Crippen molar-refractivity contribution in [3.8, 4) is 0 Å². The Hall–Kier alpha value is -1.53. The number of imide groups is 1. The summed E-state index contributed by atoms with van der Waals surface area (Å²) in [6.45, 7) is 16.0. The average molecular weight is 674 g/mol. The van der Waals surface area contributed by atoms with Gasteiger partial charge in [-0.15, -0.1) is 0 Å². The quantitative estimate of drug-likeness (QED) is 0.103. The van der Waals surface area contributed by atoms with Crippen LogP contribution in [0, 0.1) is 39.9 Å². The van der Waals surface area contributed by atoms with Gasteiger partial charge in [0.25, 0.3) is 0 Å². The van der Waals surface area contributed by atoms with Crippen LogP contribution >= 0.6 is 0 Å². The van der Waals surface area contributed by atoms with E-state index in [0.29, 0.717) is 25.8 Å². The third-order valence-corrected chi connectivity index (χ3v) is 11.2. The summed E-state index contributed by atoms with van der Waals surface area (Å²) in [6, 6.07) is 0. The normalized spacial score (nSPS) is 27.1. The number of likely N-dealkylation sites (tertiary alicyclic amines) is 1. The van der Waals surface area contributed by atoms with Crippen LogP contribution in [0.3, 0.4) is 0 Å². The summed E-state index contributed by atoms with van der Waals surface area (Å²) in [7, 11) is 0. The first-order chi connectivity index (χ1) is 18.5. The Labute approximate surface area is 251 Å². The zero-order valence-corrected chi connectivity index (χ0v) is 27.7. The molecule has 2 bridgehead atoms. The van der Waals surface area contributed by atoms with Crippen molar-refractivity contribution in [2.24, 2.45) is 43.9 Å². The number of aliphatic hydroxyl groups is 1. The third kappa shape index (κ3) is 6.14. The van der Waals surface area contributed by atoms with Gasteiger partial charge in [-0.25, -0.2) is 0 Å². The van der Waals surface area contributed by atoms with Crippen molar-refractivity contribution in [1.82, 2.24) is 13.3 Å². The molecular weight excluding hydrogens is 623 g/mol. The second-order valence-corrected chi connectivity index (χ2v) is 15.8. The number of rotatable bonds is 14. The molecule has 6 unspecified atom stereocenters. The number of nitrogens with one attached hydrogen (secondary N) is 1. The number of carbonyl (C=O) groups excluding carboxylic acids is 4. The molecule has 0 aromatic carbocycles. The number of halogens is 1. The van der Waals surface area contributed by atoms with Gasteiger partial charge in [-0.1, -0.05) is 0 Å². The van der Waals surface area contributed by atoms with Crippen molar-refractivity contribution in [2.45, 2.75) is 93.0 Å². The van der Waals surface area contributed by atoms with Crippen LogP contribution in [0.2, 0.25) is 0 Å². The molecule has 4 amide bonds. The Morgan fingerprint density at radius 1 is 1.00 bits per heavy atom. The molecule has 0 spiro atoms. The minimum atomic E-state index is -1.10. The molecule has 1 saturated heterocycles. The number of hydrogen-bond acceptors (Lipinski definition) is 6. The van der Waals surface area contributed by atoms with E-state index in [0.717, 1.165) is 12.8 Å². The van der Waals surface area contributed by atoms with E-state index >= 15 is 0 Å². The number of fused-ring (bicyclic) bond motifs is 5. The topological polar surface area (TPSA) is 133 Å². The van der Waals surface area contributed by atoms with Gasteiger partial charge in [0.15, 0.2) is 0 Å². The molecule has 9 nitrogen and oxygen atoms in total. The van der Waals surface area contributed by atoms with Crippen LogP contribution in [0.25, 0.3) is 0 Å². The number of carbonyl (C=O) groups is 4. The molecule has 0 aromatic heterocycles. The summed E-state index contributed by atoms with van der Waals surface area (Å²) in [5, 5.41) is 11.8. The Morgan fingerprint density at radius 3 is 2.00 bits per heavy atom. The molecule has 4 N–H and O–H groups in total. The predicted molar refractivity (Wildman–Crippen MR) is 149 cm³/mol. The van der Waals surface area contributed by atoms with Gasteiger partial charge in [-0.2, -0.15) is 0 Å². The second kappa shape index (κ2) is 12.0. The molecule has 6 atom stereocenters. The van der Waals surface area contributed by atoms with Gasteiger partial charge in [-0.3, -0.25) is 0 Å². The summed E-state index contributed by atoms with van der Waals surface area (Å²) in [6.07, 6.45) is 7.43. The van der Waals surface area contributed by atoms with Crippen LogP contribution in [0.15, 0.2) is 12.2 Å². The molecule has 3 aliphatic rings. The van der Waals surface area contributed by atoms with Gasteiger partial charge in [0.05, 0.1) is 0 Å². The molecule has 228 valence electrons. The van der Waals surface area contributed by atoms with Gasteiger partial charge >= 0.3 is 252 Å². The SMILES string of the molecule is CCC(C)(CN([I-]N)C(=O)C(C)(C)CC(C)(C)C(=O)NCCO)CC(C)(CC)N1C(=O)C2C3C=CC(C3)C2C1=O. The van der Waals surface area contributed by atoms with Gasteiger partial charge in [0.1, 0.15) is 0 Å². The Bertz CT molecular complexity index is 1020. The van der Waals surface area contributed by atoms with Crippen molar-refractivity contribution in [3.05, 3.63) is 12.2 Å².